The SMILES string of the molecule is O=C(Nc1ccc(Cl)c(Br)c1)c1ccc(F)cc1F. The monoisotopic (exact) mass is 345 g/mol. The Kier molecular flexibility index (Phi) is 4.17. The van der Waals surface area contributed by atoms with Gasteiger partial charge < -0.3 is 5.32 Å². The smallest absolute Gasteiger partial charge is 0.258 e. The summed E-state index contributed by atoms with van der Waals surface area (Å²) in [7, 11) is 0. The van der Waals surface area contributed by atoms with Gasteiger partial charge in [-0.1, -0.05) is 11.6 Å². The summed E-state index contributed by atoms with van der Waals surface area (Å²) < 4.78 is 26.8. The Balaban J connectivity index is 2.23. The number of benzene rings is 2. The van der Waals surface area contributed by atoms with Crippen molar-refractivity contribution in [3.8, 4) is 0 Å². The van der Waals surface area contributed by atoms with Gasteiger partial charge >= 0.3 is 0 Å². The van der Waals surface area contributed by atoms with Crippen molar-refractivity contribution in [3.63, 3.8) is 0 Å². The minimum absolute atomic E-state index is 0.229. The van der Waals surface area contributed by atoms with Gasteiger partial charge in [0.2, 0.25) is 0 Å². The molecule has 19 heavy (non-hydrogen) atoms. The zero-order chi connectivity index (χ0) is 14.0. The zero-order valence-electron chi connectivity index (χ0n) is 9.38. The first-order valence-electron chi connectivity index (χ1n) is 5.19. The van der Waals surface area contributed by atoms with E-state index in [9.17, 15) is 13.6 Å². The number of halogens is 4. The third-order valence-electron chi connectivity index (χ3n) is 2.35. The van der Waals surface area contributed by atoms with Crippen molar-refractivity contribution in [2.45, 2.75) is 0 Å². The topological polar surface area (TPSA) is 29.1 Å². The highest BCUT2D eigenvalue weighted by Gasteiger charge is 2.13. The highest BCUT2D eigenvalue weighted by atomic mass is 79.9. The molecule has 0 spiro atoms. The molecule has 1 N–H and O–H groups in total. The van der Waals surface area contributed by atoms with Gasteiger partial charge in [0.05, 0.1) is 10.6 Å². The fourth-order valence-electron chi connectivity index (χ4n) is 1.45. The van der Waals surface area contributed by atoms with Gasteiger partial charge in [-0.25, -0.2) is 8.78 Å². The molecule has 0 aliphatic carbocycles. The predicted octanol–water partition coefficient (Wildman–Crippen LogP) is 4.63. The van der Waals surface area contributed by atoms with Crippen LogP contribution < -0.4 is 5.32 Å². The third kappa shape index (κ3) is 3.30. The van der Waals surface area contributed by atoms with E-state index in [1.807, 2.05) is 0 Å². The first-order valence-corrected chi connectivity index (χ1v) is 6.36. The van der Waals surface area contributed by atoms with Gasteiger partial charge in [0, 0.05) is 16.2 Å². The van der Waals surface area contributed by atoms with Crippen LogP contribution in [-0.4, -0.2) is 5.91 Å². The number of rotatable bonds is 2. The van der Waals surface area contributed by atoms with E-state index in [0.29, 0.717) is 21.2 Å². The van der Waals surface area contributed by atoms with Gasteiger partial charge in [-0.2, -0.15) is 0 Å². The summed E-state index contributed by atoms with van der Waals surface area (Å²) in [5, 5.41) is 2.99. The Morgan fingerprint density at radius 2 is 1.89 bits per heavy atom. The van der Waals surface area contributed by atoms with Crippen molar-refractivity contribution in [2.24, 2.45) is 0 Å². The summed E-state index contributed by atoms with van der Waals surface area (Å²) in [6.45, 7) is 0. The first kappa shape index (κ1) is 14.0. The maximum absolute atomic E-state index is 13.4. The molecular weight excluding hydrogens is 340 g/mol. The molecule has 0 bridgehead atoms. The van der Waals surface area contributed by atoms with E-state index in [-0.39, 0.29) is 5.56 Å². The molecule has 0 heterocycles. The molecule has 0 aromatic heterocycles. The standard InChI is InChI=1S/C13H7BrClF2NO/c14-10-6-8(2-4-11(10)15)18-13(19)9-3-1-7(16)5-12(9)17/h1-6H,(H,18,19). The number of carbonyl (C=O) groups excluding carboxylic acids is 1. The Morgan fingerprint density at radius 1 is 1.16 bits per heavy atom. The van der Waals surface area contributed by atoms with Crippen LogP contribution in [0, 0.1) is 11.6 Å². The molecule has 0 aliphatic rings. The lowest BCUT2D eigenvalue weighted by Gasteiger charge is -2.07. The fourth-order valence-corrected chi connectivity index (χ4v) is 1.94. The molecule has 0 aliphatic heterocycles. The summed E-state index contributed by atoms with van der Waals surface area (Å²) in [5.74, 6) is -2.31. The zero-order valence-corrected chi connectivity index (χ0v) is 11.7. The maximum atomic E-state index is 13.4. The van der Waals surface area contributed by atoms with Crippen LogP contribution in [0.15, 0.2) is 40.9 Å². The van der Waals surface area contributed by atoms with E-state index < -0.39 is 17.5 Å². The van der Waals surface area contributed by atoms with Gasteiger partial charge in [-0.05, 0) is 46.3 Å². The van der Waals surface area contributed by atoms with Crippen LogP contribution >= 0.6 is 27.5 Å². The Bertz CT molecular complexity index is 649. The number of hydrogen-bond acceptors (Lipinski definition) is 1. The van der Waals surface area contributed by atoms with Gasteiger partial charge in [0.1, 0.15) is 11.6 Å². The number of anilines is 1. The van der Waals surface area contributed by atoms with Crippen LogP contribution in [0.4, 0.5) is 14.5 Å². The Hall–Kier alpha value is -1.46. The van der Waals surface area contributed by atoms with Crippen LogP contribution in [0.2, 0.25) is 5.02 Å². The van der Waals surface area contributed by atoms with E-state index in [2.05, 4.69) is 21.2 Å². The molecule has 0 atom stereocenters. The number of nitrogens with one attached hydrogen (secondary N) is 1. The Morgan fingerprint density at radius 3 is 2.53 bits per heavy atom. The quantitative estimate of drug-likeness (QED) is 0.844. The van der Waals surface area contributed by atoms with Crippen LogP contribution in [0.1, 0.15) is 10.4 Å². The molecule has 0 unspecified atom stereocenters. The van der Waals surface area contributed by atoms with Crippen molar-refractivity contribution < 1.29 is 13.6 Å². The number of amides is 1. The largest absolute Gasteiger partial charge is 0.322 e. The molecule has 0 fully saturated rings. The van der Waals surface area contributed by atoms with Crippen molar-refractivity contribution in [1.82, 2.24) is 0 Å². The molecule has 2 aromatic carbocycles. The van der Waals surface area contributed by atoms with E-state index in [1.165, 1.54) is 0 Å². The van der Waals surface area contributed by atoms with Crippen LogP contribution in [0.3, 0.4) is 0 Å². The van der Waals surface area contributed by atoms with Crippen LogP contribution in [0.25, 0.3) is 0 Å². The van der Waals surface area contributed by atoms with Gasteiger partial charge in [-0.15, -0.1) is 0 Å². The second-order valence-corrected chi connectivity index (χ2v) is 4.97. The highest BCUT2D eigenvalue weighted by molar-refractivity contribution is 9.10. The van der Waals surface area contributed by atoms with Gasteiger partial charge in [0.25, 0.3) is 5.91 Å². The van der Waals surface area contributed by atoms with Crippen molar-refractivity contribution in [2.75, 3.05) is 5.32 Å². The van der Waals surface area contributed by atoms with E-state index in [4.69, 9.17) is 11.6 Å². The predicted molar refractivity (Wildman–Crippen MR) is 73.5 cm³/mol. The molecule has 2 rings (SSSR count). The molecule has 0 saturated carbocycles. The molecule has 1 amide bonds. The average molecular weight is 347 g/mol. The second-order valence-electron chi connectivity index (χ2n) is 3.71. The van der Waals surface area contributed by atoms with E-state index in [1.54, 1.807) is 18.2 Å². The minimum Gasteiger partial charge on any atom is -0.322 e. The average Bonchev–Trinajstić information content (AvgIpc) is 2.33. The molecule has 0 saturated heterocycles. The second kappa shape index (κ2) is 5.67. The minimum atomic E-state index is -0.912. The summed E-state index contributed by atoms with van der Waals surface area (Å²) in [4.78, 5) is 11.8. The van der Waals surface area contributed by atoms with Crippen molar-refractivity contribution in [3.05, 3.63) is 63.1 Å². The van der Waals surface area contributed by atoms with Crippen LogP contribution in [-0.2, 0) is 0 Å². The Labute approximate surface area is 121 Å². The fraction of sp³-hybridized carbons (Fsp3) is 0. The summed E-state index contributed by atoms with van der Waals surface area (Å²) in [5.41, 5.74) is 0.220. The van der Waals surface area contributed by atoms with Crippen molar-refractivity contribution >= 4 is 39.1 Å². The van der Waals surface area contributed by atoms with Gasteiger partial charge in [0.15, 0.2) is 0 Å². The summed E-state index contributed by atoms with van der Waals surface area (Å²) >= 11 is 9.02. The highest BCUT2D eigenvalue weighted by Crippen LogP contribution is 2.26. The molecule has 2 aromatic rings. The molecule has 2 nitrogen and oxygen atoms in total. The lowest BCUT2D eigenvalue weighted by molar-refractivity contribution is 0.102. The molecule has 98 valence electrons. The van der Waals surface area contributed by atoms with Gasteiger partial charge in [-0.3, -0.25) is 4.79 Å². The van der Waals surface area contributed by atoms with Crippen molar-refractivity contribution in [1.29, 1.82) is 0 Å². The molecule has 0 radical (unpaired) electrons. The summed E-state index contributed by atoms with van der Waals surface area (Å²) in [6, 6.07) is 7.52. The normalized spacial score (nSPS) is 10.3. The summed E-state index contributed by atoms with van der Waals surface area (Å²) in [6.07, 6.45) is 0. The van der Waals surface area contributed by atoms with Crippen LogP contribution in [0.5, 0.6) is 0 Å². The lowest BCUT2D eigenvalue weighted by Crippen LogP contribution is -2.13. The molecular formula is C13H7BrClF2NO. The number of hydrogen-bond donors (Lipinski definition) is 1. The van der Waals surface area contributed by atoms with E-state index in [0.717, 1.165) is 12.1 Å². The first-order chi connectivity index (χ1) is 8.97. The molecule has 6 heteroatoms. The third-order valence-corrected chi connectivity index (χ3v) is 3.57. The maximum Gasteiger partial charge on any atom is 0.258 e. The number of carbonyl (C=O) groups is 1. The lowest BCUT2D eigenvalue weighted by atomic mass is 10.2. The van der Waals surface area contributed by atoms with E-state index >= 15 is 0 Å².